The number of nitrogens with zero attached hydrogens (tertiary/aromatic N) is 4. The van der Waals surface area contributed by atoms with Crippen LogP contribution in [0.25, 0.3) is 0 Å². The zero-order valence-electron chi connectivity index (χ0n) is 12.1. The third-order valence-corrected chi connectivity index (χ3v) is 4.01. The Morgan fingerprint density at radius 1 is 1.48 bits per heavy atom. The summed E-state index contributed by atoms with van der Waals surface area (Å²) < 4.78 is 1.93. The zero-order valence-corrected chi connectivity index (χ0v) is 12.8. The maximum atomic E-state index is 12.8. The minimum atomic E-state index is -0.0713. The second kappa shape index (κ2) is 5.48. The molecule has 1 aliphatic carbocycles. The Kier molecular flexibility index (Phi) is 3.68. The fourth-order valence-electron chi connectivity index (χ4n) is 2.29. The summed E-state index contributed by atoms with van der Waals surface area (Å²) in [5, 5.41) is 0.456. The number of aryl methyl sites for hydroxylation is 2. The van der Waals surface area contributed by atoms with Crippen molar-refractivity contribution in [2.45, 2.75) is 32.4 Å². The van der Waals surface area contributed by atoms with Gasteiger partial charge in [-0.15, -0.1) is 0 Å². The van der Waals surface area contributed by atoms with Crippen LogP contribution in [0.3, 0.4) is 0 Å². The van der Waals surface area contributed by atoms with E-state index >= 15 is 0 Å². The van der Waals surface area contributed by atoms with Gasteiger partial charge in [0.15, 0.2) is 0 Å². The van der Waals surface area contributed by atoms with E-state index in [1.807, 2.05) is 29.6 Å². The molecule has 21 heavy (non-hydrogen) atoms. The Balaban J connectivity index is 1.87. The number of rotatable bonds is 4. The minimum Gasteiger partial charge on any atom is -0.337 e. The summed E-state index contributed by atoms with van der Waals surface area (Å²) in [7, 11) is 1.93. The Hall–Kier alpha value is -1.88. The van der Waals surface area contributed by atoms with E-state index in [2.05, 4.69) is 9.97 Å². The molecule has 2 aromatic heterocycles. The molecular formula is C15H17ClN4O. The molecule has 0 unspecified atom stereocenters. The van der Waals surface area contributed by atoms with E-state index in [0.717, 1.165) is 24.4 Å². The number of halogens is 1. The summed E-state index contributed by atoms with van der Waals surface area (Å²) in [6, 6.07) is 2.01. The average Bonchev–Trinajstić information content (AvgIpc) is 3.19. The van der Waals surface area contributed by atoms with Gasteiger partial charge in [-0.05, 0) is 25.8 Å². The maximum absolute atomic E-state index is 12.8. The summed E-state index contributed by atoms with van der Waals surface area (Å²) in [4.78, 5) is 23.1. The van der Waals surface area contributed by atoms with Crippen molar-refractivity contribution >= 4 is 17.5 Å². The van der Waals surface area contributed by atoms with Gasteiger partial charge in [-0.1, -0.05) is 11.6 Å². The Labute approximate surface area is 128 Å². The van der Waals surface area contributed by atoms with Gasteiger partial charge in [0, 0.05) is 37.4 Å². The number of aromatic nitrogens is 3. The molecule has 0 radical (unpaired) electrons. The fraction of sp³-hybridized carbons (Fsp3) is 0.400. The van der Waals surface area contributed by atoms with Crippen molar-refractivity contribution in [3.05, 3.63) is 46.8 Å². The van der Waals surface area contributed by atoms with Gasteiger partial charge in [-0.3, -0.25) is 9.78 Å². The molecule has 3 rings (SSSR count). The summed E-state index contributed by atoms with van der Waals surface area (Å²) in [6.45, 7) is 2.35. The van der Waals surface area contributed by atoms with E-state index in [0.29, 0.717) is 17.1 Å². The molecule has 2 aromatic rings. The summed E-state index contributed by atoms with van der Waals surface area (Å²) in [5.74, 6) is 0.796. The molecular weight excluding hydrogens is 288 g/mol. The van der Waals surface area contributed by atoms with Gasteiger partial charge in [-0.25, -0.2) is 4.98 Å². The van der Waals surface area contributed by atoms with Gasteiger partial charge in [0.1, 0.15) is 5.82 Å². The van der Waals surface area contributed by atoms with Crippen molar-refractivity contribution < 1.29 is 4.79 Å². The lowest BCUT2D eigenvalue weighted by Gasteiger charge is -2.22. The topological polar surface area (TPSA) is 51.0 Å². The standard InChI is InChI=1S/C15H17ClN4O/c1-10-7-13(16)12(8-18-10)15(21)20(11-3-4-11)9-14-17-5-6-19(14)2/h5-8,11H,3-4,9H2,1-2H3. The number of imidazole rings is 1. The van der Waals surface area contributed by atoms with Crippen LogP contribution in [-0.2, 0) is 13.6 Å². The number of carbonyl (C=O) groups is 1. The molecule has 1 amide bonds. The molecule has 0 spiro atoms. The number of carbonyl (C=O) groups excluding carboxylic acids is 1. The van der Waals surface area contributed by atoms with Gasteiger partial charge in [0.05, 0.1) is 17.1 Å². The number of hydrogen-bond donors (Lipinski definition) is 0. The first-order valence-corrected chi connectivity index (χ1v) is 7.33. The van der Waals surface area contributed by atoms with Crippen LogP contribution in [0.5, 0.6) is 0 Å². The van der Waals surface area contributed by atoms with Crippen LogP contribution in [0, 0.1) is 6.92 Å². The van der Waals surface area contributed by atoms with Gasteiger partial charge < -0.3 is 9.47 Å². The largest absolute Gasteiger partial charge is 0.337 e. The highest BCUT2D eigenvalue weighted by molar-refractivity contribution is 6.33. The monoisotopic (exact) mass is 304 g/mol. The number of hydrogen-bond acceptors (Lipinski definition) is 3. The molecule has 1 aliphatic rings. The van der Waals surface area contributed by atoms with Crippen LogP contribution in [0.2, 0.25) is 5.02 Å². The summed E-state index contributed by atoms with van der Waals surface area (Å²) >= 11 is 6.20. The van der Waals surface area contributed by atoms with Gasteiger partial charge >= 0.3 is 0 Å². The van der Waals surface area contributed by atoms with Crippen LogP contribution in [-0.4, -0.2) is 31.4 Å². The predicted molar refractivity (Wildman–Crippen MR) is 80.1 cm³/mol. The lowest BCUT2D eigenvalue weighted by Crippen LogP contribution is -2.33. The lowest BCUT2D eigenvalue weighted by atomic mass is 10.2. The first-order chi connectivity index (χ1) is 10.1. The highest BCUT2D eigenvalue weighted by Gasteiger charge is 2.34. The van der Waals surface area contributed by atoms with Crippen molar-refractivity contribution in [3.8, 4) is 0 Å². The normalized spacial score (nSPS) is 14.2. The van der Waals surface area contributed by atoms with Crippen LogP contribution in [0.4, 0.5) is 0 Å². The SMILES string of the molecule is Cc1cc(Cl)c(C(=O)N(Cc2nccn2C)C2CC2)cn1. The van der Waals surface area contributed by atoms with Crippen LogP contribution < -0.4 is 0 Å². The molecule has 1 fully saturated rings. The van der Waals surface area contributed by atoms with Crippen LogP contribution >= 0.6 is 11.6 Å². The second-order valence-electron chi connectivity index (χ2n) is 5.42. The number of amides is 1. The maximum Gasteiger partial charge on any atom is 0.257 e. The molecule has 6 heteroatoms. The Bertz CT molecular complexity index is 678. The van der Waals surface area contributed by atoms with Gasteiger partial charge in [-0.2, -0.15) is 0 Å². The molecule has 0 saturated heterocycles. The molecule has 0 bridgehead atoms. The zero-order chi connectivity index (χ0) is 15.0. The first-order valence-electron chi connectivity index (χ1n) is 6.95. The van der Waals surface area contributed by atoms with E-state index < -0.39 is 0 Å². The van der Waals surface area contributed by atoms with Crippen LogP contribution in [0.1, 0.15) is 34.7 Å². The van der Waals surface area contributed by atoms with Gasteiger partial charge in [0.2, 0.25) is 0 Å². The molecule has 0 atom stereocenters. The first kappa shape index (κ1) is 14.1. The van der Waals surface area contributed by atoms with E-state index in [1.54, 1.807) is 18.5 Å². The lowest BCUT2D eigenvalue weighted by molar-refractivity contribution is 0.0723. The molecule has 1 saturated carbocycles. The second-order valence-corrected chi connectivity index (χ2v) is 5.83. The highest BCUT2D eigenvalue weighted by Crippen LogP contribution is 2.30. The smallest absolute Gasteiger partial charge is 0.257 e. The van der Waals surface area contributed by atoms with Crippen molar-refractivity contribution in [1.29, 1.82) is 0 Å². The summed E-state index contributed by atoms with van der Waals surface area (Å²) in [5.41, 5.74) is 1.27. The van der Waals surface area contributed by atoms with Crippen molar-refractivity contribution in [1.82, 2.24) is 19.4 Å². The molecule has 0 N–H and O–H groups in total. The highest BCUT2D eigenvalue weighted by atomic mass is 35.5. The predicted octanol–water partition coefficient (Wildman–Crippen LogP) is 2.58. The molecule has 5 nitrogen and oxygen atoms in total. The van der Waals surface area contributed by atoms with Crippen molar-refractivity contribution in [2.75, 3.05) is 0 Å². The van der Waals surface area contributed by atoms with E-state index in [4.69, 9.17) is 11.6 Å². The van der Waals surface area contributed by atoms with Gasteiger partial charge in [0.25, 0.3) is 5.91 Å². The van der Waals surface area contributed by atoms with E-state index in [-0.39, 0.29) is 11.9 Å². The fourth-order valence-corrected chi connectivity index (χ4v) is 2.58. The molecule has 0 aliphatic heterocycles. The minimum absolute atomic E-state index is 0.0713. The quantitative estimate of drug-likeness (QED) is 0.872. The van der Waals surface area contributed by atoms with Crippen molar-refractivity contribution in [2.24, 2.45) is 7.05 Å². The Morgan fingerprint density at radius 2 is 2.24 bits per heavy atom. The molecule has 110 valence electrons. The Morgan fingerprint density at radius 3 is 2.81 bits per heavy atom. The molecule has 2 heterocycles. The third-order valence-electron chi connectivity index (χ3n) is 3.70. The number of pyridine rings is 1. The summed E-state index contributed by atoms with van der Waals surface area (Å²) in [6.07, 6.45) is 7.25. The van der Waals surface area contributed by atoms with Crippen LogP contribution in [0.15, 0.2) is 24.7 Å². The third kappa shape index (κ3) is 2.93. The average molecular weight is 305 g/mol. The molecule has 0 aromatic carbocycles. The van der Waals surface area contributed by atoms with E-state index in [1.165, 1.54) is 0 Å². The van der Waals surface area contributed by atoms with Crippen molar-refractivity contribution in [3.63, 3.8) is 0 Å². The van der Waals surface area contributed by atoms with E-state index in [9.17, 15) is 4.79 Å².